The van der Waals surface area contributed by atoms with E-state index in [0.717, 1.165) is 122 Å². The average molecular weight is 1070 g/mol. The van der Waals surface area contributed by atoms with Crippen molar-refractivity contribution in [2.45, 2.75) is 335 Å². The van der Waals surface area contributed by atoms with Crippen LogP contribution in [0, 0.1) is 0 Å². The molecule has 444 valence electrons. The molecule has 0 N–H and O–H groups in total. The minimum atomic E-state index is -0.787. The molecule has 0 aliphatic rings. The molecule has 77 heavy (non-hydrogen) atoms. The number of carbonyl (C=O) groups is 3. The van der Waals surface area contributed by atoms with Crippen molar-refractivity contribution in [1.82, 2.24) is 0 Å². The summed E-state index contributed by atoms with van der Waals surface area (Å²) in [6.07, 6.45) is 86.0. The number of carbonyl (C=O) groups excluding carboxylic acids is 3. The maximum Gasteiger partial charge on any atom is 0.306 e. The summed E-state index contributed by atoms with van der Waals surface area (Å²) in [5.74, 6) is -0.893. The normalized spacial score (nSPS) is 12.6. The quantitative estimate of drug-likeness (QED) is 0.0261. The molecule has 0 saturated heterocycles. The van der Waals surface area contributed by atoms with E-state index in [0.29, 0.717) is 19.3 Å². The SMILES string of the molecule is CC/C=C\C/C=C\C/C=C\C/C=C\C/C=C\CCCCCCCCCC(=O)OCC(COC(=O)CCCCCCC/C=C\C/C=C\CCC)OC(=O)CCCCCCCCCCCCCCCCCCCCCCCCC. The van der Waals surface area contributed by atoms with Crippen LogP contribution in [-0.2, 0) is 28.6 Å². The van der Waals surface area contributed by atoms with Crippen molar-refractivity contribution in [3.8, 4) is 0 Å². The number of allylic oxidation sites excluding steroid dienone is 14. The van der Waals surface area contributed by atoms with Gasteiger partial charge in [-0.25, -0.2) is 0 Å². The van der Waals surface area contributed by atoms with Gasteiger partial charge in [0.25, 0.3) is 0 Å². The molecule has 0 fully saturated rings. The van der Waals surface area contributed by atoms with Crippen LogP contribution >= 0.6 is 0 Å². The van der Waals surface area contributed by atoms with Gasteiger partial charge in [0.05, 0.1) is 0 Å². The Morgan fingerprint density at radius 1 is 0.273 bits per heavy atom. The first-order valence-corrected chi connectivity index (χ1v) is 33.1. The lowest BCUT2D eigenvalue weighted by atomic mass is 10.0. The Morgan fingerprint density at radius 3 is 0.844 bits per heavy atom. The number of ether oxygens (including phenoxy) is 3. The highest BCUT2D eigenvalue weighted by Gasteiger charge is 2.19. The fraction of sp³-hybridized carbons (Fsp3) is 0.761. The molecule has 0 aromatic rings. The molecule has 0 radical (unpaired) electrons. The fourth-order valence-corrected chi connectivity index (χ4v) is 9.45. The largest absolute Gasteiger partial charge is 0.462 e. The number of hydrogen-bond donors (Lipinski definition) is 0. The highest BCUT2D eigenvalue weighted by atomic mass is 16.6. The molecular weight excluding hydrogens is 949 g/mol. The standard InChI is InChI=1S/C71H124O6/c1-4-7-10-13-16-19-22-25-27-29-31-33-35-37-39-41-43-46-49-52-55-58-61-64-70(73)76-67-68(66-75-69(72)63-60-57-54-51-48-45-24-21-18-15-12-9-6-3)77-71(74)65-62-59-56-53-50-47-44-42-40-38-36-34-32-30-28-26-23-20-17-14-11-8-5-2/h7,10,12,15-16,19,21,24-25,27,31,33,37,39,68H,4-6,8-9,11,13-14,17-18,20,22-23,26,28-30,32,34-36,38,40-67H2,1-3H3/b10-7-,15-12-,19-16-,24-21-,27-25-,33-31-,39-37-. The molecule has 6 heteroatoms. The van der Waals surface area contributed by atoms with E-state index < -0.39 is 6.10 Å². The van der Waals surface area contributed by atoms with Gasteiger partial charge in [-0.1, -0.05) is 305 Å². The summed E-state index contributed by atoms with van der Waals surface area (Å²) in [5, 5.41) is 0. The Morgan fingerprint density at radius 2 is 0.532 bits per heavy atom. The highest BCUT2D eigenvalue weighted by molar-refractivity contribution is 5.71. The lowest BCUT2D eigenvalue weighted by Crippen LogP contribution is -2.30. The van der Waals surface area contributed by atoms with E-state index in [4.69, 9.17) is 14.2 Å². The molecule has 0 heterocycles. The van der Waals surface area contributed by atoms with Crippen molar-refractivity contribution in [1.29, 1.82) is 0 Å². The molecule has 0 bridgehead atoms. The van der Waals surface area contributed by atoms with Crippen LogP contribution in [0.5, 0.6) is 0 Å². The molecule has 0 aromatic heterocycles. The van der Waals surface area contributed by atoms with Crippen LogP contribution in [0.3, 0.4) is 0 Å². The first-order chi connectivity index (χ1) is 38.0. The van der Waals surface area contributed by atoms with Crippen LogP contribution in [-0.4, -0.2) is 37.2 Å². The zero-order valence-corrected chi connectivity index (χ0v) is 51.0. The average Bonchev–Trinajstić information content (AvgIpc) is 3.43. The van der Waals surface area contributed by atoms with Crippen LogP contribution in [0.1, 0.15) is 329 Å². The molecule has 0 aliphatic heterocycles. The highest BCUT2D eigenvalue weighted by Crippen LogP contribution is 2.17. The van der Waals surface area contributed by atoms with E-state index in [1.165, 1.54) is 167 Å². The third-order valence-corrected chi connectivity index (χ3v) is 14.4. The van der Waals surface area contributed by atoms with Crippen LogP contribution in [0.2, 0.25) is 0 Å². The Bertz CT molecular complexity index is 1470. The summed E-state index contributed by atoms with van der Waals surface area (Å²) in [6.45, 7) is 6.48. The molecule has 0 rings (SSSR count). The lowest BCUT2D eigenvalue weighted by Gasteiger charge is -2.18. The number of rotatable bonds is 60. The van der Waals surface area contributed by atoms with Crippen molar-refractivity contribution >= 4 is 17.9 Å². The lowest BCUT2D eigenvalue weighted by molar-refractivity contribution is -0.167. The summed E-state index contributed by atoms with van der Waals surface area (Å²) in [4.78, 5) is 38.3. The molecule has 1 atom stereocenters. The summed E-state index contributed by atoms with van der Waals surface area (Å²) >= 11 is 0. The Balaban J connectivity index is 4.32. The van der Waals surface area contributed by atoms with E-state index in [2.05, 4.69) is 106 Å². The van der Waals surface area contributed by atoms with Gasteiger partial charge in [0.1, 0.15) is 13.2 Å². The Kier molecular flexibility index (Phi) is 62.2. The maximum absolute atomic E-state index is 12.9. The number of esters is 3. The first-order valence-electron chi connectivity index (χ1n) is 33.1. The predicted molar refractivity (Wildman–Crippen MR) is 334 cm³/mol. The summed E-state index contributed by atoms with van der Waals surface area (Å²) in [7, 11) is 0. The van der Waals surface area contributed by atoms with Crippen molar-refractivity contribution in [2.75, 3.05) is 13.2 Å². The van der Waals surface area contributed by atoms with Crippen molar-refractivity contribution in [2.24, 2.45) is 0 Å². The summed E-state index contributed by atoms with van der Waals surface area (Å²) < 4.78 is 16.9. The second kappa shape index (κ2) is 65.1. The topological polar surface area (TPSA) is 78.9 Å². The van der Waals surface area contributed by atoms with Gasteiger partial charge in [-0.3, -0.25) is 14.4 Å². The number of hydrogen-bond acceptors (Lipinski definition) is 6. The van der Waals surface area contributed by atoms with Gasteiger partial charge < -0.3 is 14.2 Å². The molecule has 0 spiro atoms. The molecule has 0 amide bonds. The van der Waals surface area contributed by atoms with Gasteiger partial charge in [0.2, 0.25) is 0 Å². The summed E-state index contributed by atoms with van der Waals surface area (Å²) in [5.41, 5.74) is 0. The minimum absolute atomic E-state index is 0.0847. The van der Waals surface area contributed by atoms with Crippen molar-refractivity contribution < 1.29 is 28.6 Å². The van der Waals surface area contributed by atoms with Crippen LogP contribution in [0.15, 0.2) is 85.1 Å². The van der Waals surface area contributed by atoms with E-state index in [9.17, 15) is 14.4 Å². The van der Waals surface area contributed by atoms with Crippen LogP contribution in [0.25, 0.3) is 0 Å². The van der Waals surface area contributed by atoms with Gasteiger partial charge in [-0.05, 0) is 89.9 Å². The third-order valence-electron chi connectivity index (χ3n) is 14.4. The van der Waals surface area contributed by atoms with Crippen LogP contribution in [0.4, 0.5) is 0 Å². The molecule has 0 aromatic carbocycles. The van der Waals surface area contributed by atoms with E-state index >= 15 is 0 Å². The van der Waals surface area contributed by atoms with Gasteiger partial charge in [0.15, 0.2) is 6.10 Å². The summed E-state index contributed by atoms with van der Waals surface area (Å²) in [6, 6.07) is 0. The molecule has 6 nitrogen and oxygen atoms in total. The molecule has 0 saturated carbocycles. The molecule has 1 unspecified atom stereocenters. The van der Waals surface area contributed by atoms with Crippen molar-refractivity contribution in [3.63, 3.8) is 0 Å². The van der Waals surface area contributed by atoms with Crippen molar-refractivity contribution in [3.05, 3.63) is 85.1 Å². The molecular formula is C71H124O6. The van der Waals surface area contributed by atoms with Gasteiger partial charge in [-0.15, -0.1) is 0 Å². The third kappa shape index (κ3) is 63.3. The predicted octanol–water partition coefficient (Wildman–Crippen LogP) is 22.7. The first kappa shape index (κ1) is 73.6. The smallest absolute Gasteiger partial charge is 0.306 e. The minimum Gasteiger partial charge on any atom is -0.462 e. The van der Waals surface area contributed by atoms with E-state index in [1.807, 2.05) is 0 Å². The van der Waals surface area contributed by atoms with Crippen LogP contribution < -0.4 is 0 Å². The van der Waals surface area contributed by atoms with E-state index in [-0.39, 0.29) is 31.1 Å². The van der Waals surface area contributed by atoms with E-state index in [1.54, 1.807) is 0 Å². The van der Waals surface area contributed by atoms with Gasteiger partial charge in [-0.2, -0.15) is 0 Å². The zero-order chi connectivity index (χ0) is 55.7. The monoisotopic (exact) mass is 1070 g/mol. The Hall–Kier alpha value is -3.41. The fourth-order valence-electron chi connectivity index (χ4n) is 9.45. The van der Waals surface area contributed by atoms with Gasteiger partial charge in [0, 0.05) is 19.3 Å². The second-order valence-corrected chi connectivity index (χ2v) is 22.0. The Labute approximate surface area is 477 Å². The zero-order valence-electron chi connectivity index (χ0n) is 51.0. The number of unbranched alkanes of at least 4 members (excludes halogenated alkanes) is 35. The maximum atomic E-state index is 12.9. The van der Waals surface area contributed by atoms with Gasteiger partial charge >= 0.3 is 17.9 Å². The molecule has 0 aliphatic carbocycles. The second-order valence-electron chi connectivity index (χ2n) is 22.0.